The van der Waals surface area contributed by atoms with Crippen LogP contribution in [0.4, 0.5) is 0 Å². The van der Waals surface area contributed by atoms with E-state index < -0.39 is 7.82 Å². The molecule has 0 saturated carbocycles. The molecule has 0 aromatic heterocycles. The predicted octanol–water partition coefficient (Wildman–Crippen LogP) is 2.89. The van der Waals surface area contributed by atoms with Crippen LogP contribution in [0.3, 0.4) is 0 Å². The summed E-state index contributed by atoms with van der Waals surface area (Å²) in [5, 5.41) is 0. The van der Waals surface area contributed by atoms with Crippen LogP contribution >= 0.6 is 7.82 Å². The molecule has 0 saturated heterocycles. The van der Waals surface area contributed by atoms with Crippen LogP contribution in [0.5, 0.6) is 0 Å². The van der Waals surface area contributed by atoms with Crippen LogP contribution in [-0.2, 0) is 13.6 Å². The summed E-state index contributed by atoms with van der Waals surface area (Å²) < 4.78 is 20.6. The molecule has 96 valence electrons. The van der Waals surface area contributed by atoms with E-state index in [-0.39, 0.29) is 19.1 Å². The third-order valence-electron chi connectivity index (χ3n) is 2.36. The van der Waals surface area contributed by atoms with Gasteiger partial charge in [0, 0.05) is 0 Å². The minimum atomic E-state index is -4.13. The van der Waals surface area contributed by atoms with Gasteiger partial charge >= 0.3 is 0 Å². The van der Waals surface area contributed by atoms with Gasteiger partial charge in [-0.2, -0.15) is 0 Å². The van der Waals surface area contributed by atoms with Gasteiger partial charge in [0.1, 0.15) is 0 Å². The molecular formula is C11H22O4P-. The van der Waals surface area contributed by atoms with Crippen LogP contribution in [0.15, 0.2) is 12.7 Å². The van der Waals surface area contributed by atoms with Crippen LogP contribution in [0.1, 0.15) is 39.5 Å². The van der Waals surface area contributed by atoms with E-state index in [1.165, 1.54) is 6.08 Å². The van der Waals surface area contributed by atoms with E-state index in [9.17, 15) is 9.46 Å². The Hall–Kier alpha value is -0.150. The number of rotatable bonds is 10. The maximum atomic E-state index is 11.2. The van der Waals surface area contributed by atoms with E-state index in [1.807, 2.05) is 6.92 Å². The van der Waals surface area contributed by atoms with Crippen molar-refractivity contribution in [1.82, 2.24) is 0 Å². The summed E-state index contributed by atoms with van der Waals surface area (Å²) in [7, 11) is -4.13. The molecular weight excluding hydrogens is 227 g/mol. The lowest BCUT2D eigenvalue weighted by atomic mass is 10.0. The first-order valence-corrected chi connectivity index (χ1v) is 7.22. The highest BCUT2D eigenvalue weighted by Crippen LogP contribution is 2.39. The van der Waals surface area contributed by atoms with Crippen molar-refractivity contribution in [3.63, 3.8) is 0 Å². The second-order valence-electron chi connectivity index (χ2n) is 3.74. The van der Waals surface area contributed by atoms with E-state index in [0.29, 0.717) is 0 Å². The van der Waals surface area contributed by atoms with Crippen molar-refractivity contribution < 1.29 is 18.5 Å². The monoisotopic (exact) mass is 249 g/mol. The minimum absolute atomic E-state index is 0.0352. The fourth-order valence-corrected chi connectivity index (χ4v) is 2.03. The van der Waals surface area contributed by atoms with Gasteiger partial charge in [0.05, 0.1) is 13.2 Å². The first kappa shape index (κ1) is 15.9. The topological polar surface area (TPSA) is 58.6 Å². The molecule has 16 heavy (non-hydrogen) atoms. The fourth-order valence-electron chi connectivity index (χ4n) is 1.28. The van der Waals surface area contributed by atoms with E-state index in [0.717, 1.165) is 25.7 Å². The standard InChI is InChI=1S/C11H23O4P/c1-4-7-8-11(6-3)10-15-16(12,13)14-9-5-2/h5,11H,2,4,6-10H2,1,3H3,(H,12,13)/p-1. The summed E-state index contributed by atoms with van der Waals surface area (Å²) in [4.78, 5) is 11.2. The van der Waals surface area contributed by atoms with E-state index >= 15 is 0 Å². The Bertz CT molecular complexity index is 230. The lowest BCUT2D eigenvalue weighted by molar-refractivity contribution is -0.225. The molecule has 0 aliphatic carbocycles. The number of unbranched alkanes of at least 4 members (excludes halogenated alkanes) is 1. The molecule has 0 aromatic carbocycles. The Morgan fingerprint density at radius 2 is 2.12 bits per heavy atom. The highest BCUT2D eigenvalue weighted by molar-refractivity contribution is 7.45. The molecule has 0 aromatic rings. The van der Waals surface area contributed by atoms with Gasteiger partial charge in [0.2, 0.25) is 0 Å². The van der Waals surface area contributed by atoms with Crippen molar-refractivity contribution in [3.8, 4) is 0 Å². The van der Waals surface area contributed by atoms with Crippen molar-refractivity contribution in [3.05, 3.63) is 12.7 Å². The number of phosphoric ester groups is 1. The summed E-state index contributed by atoms with van der Waals surface area (Å²) >= 11 is 0. The molecule has 0 N–H and O–H groups in total. The quantitative estimate of drug-likeness (QED) is 0.441. The van der Waals surface area contributed by atoms with Crippen molar-refractivity contribution >= 4 is 7.82 Å². The van der Waals surface area contributed by atoms with E-state index in [2.05, 4.69) is 18.0 Å². The van der Waals surface area contributed by atoms with Gasteiger partial charge in [0.25, 0.3) is 7.82 Å². The van der Waals surface area contributed by atoms with Gasteiger partial charge in [-0.15, -0.1) is 6.58 Å². The maximum Gasteiger partial charge on any atom is 0.268 e. The van der Waals surface area contributed by atoms with E-state index in [1.54, 1.807) is 0 Å². The number of phosphoric acid groups is 1. The Morgan fingerprint density at radius 3 is 2.62 bits per heavy atom. The van der Waals surface area contributed by atoms with Gasteiger partial charge in [-0.3, -0.25) is 4.57 Å². The lowest BCUT2D eigenvalue weighted by Gasteiger charge is -2.24. The Labute approximate surface area is 98.3 Å². The molecule has 0 aliphatic heterocycles. The second-order valence-corrected chi connectivity index (χ2v) is 5.15. The van der Waals surface area contributed by atoms with Crippen molar-refractivity contribution in [2.24, 2.45) is 5.92 Å². The number of hydrogen-bond acceptors (Lipinski definition) is 4. The summed E-state index contributed by atoms with van der Waals surface area (Å²) in [5.41, 5.74) is 0. The number of hydrogen-bond donors (Lipinski definition) is 0. The molecule has 0 rings (SSSR count). The first-order chi connectivity index (χ1) is 7.55. The molecule has 2 unspecified atom stereocenters. The van der Waals surface area contributed by atoms with Crippen LogP contribution in [-0.4, -0.2) is 13.2 Å². The molecule has 0 bridgehead atoms. The maximum absolute atomic E-state index is 11.2. The third kappa shape index (κ3) is 8.05. The minimum Gasteiger partial charge on any atom is -0.756 e. The molecule has 0 fully saturated rings. The normalized spacial score (nSPS) is 16.7. The highest BCUT2D eigenvalue weighted by atomic mass is 31.2. The van der Waals surface area contributed by atoms with Gasteiger partial charge in [-0.1, -0.05) is 39.2 Å². The molecule has 0 heterocycles. The lowest BCUT2D eigenvalue weighted by Crippen LogP contribution is -2.14. The van der Waals surface area contributed by atoms with Crippen molar-refractivity contribution in [2.45, 2.75) is 39.5 Å². The summed E-state index contributed by atoms with van der Waals surface area (Å²) in [5.74, 6) is 0.287. The Kier molecular flexibility index (Phi) is 8.86. The van der Waals surface area contributed by atoms with Crippen LogP contribution in [0.2, 0.25) is 0 Å². The van der Waals surface area contributed by atoms with Crippen molar-refractivity contribution in [1.29, 1.82) is 0 Å². The average molecular weight is 249 g/mol. The van der Waals surface area contributed by atoms with E-state index in [4.69, 9.17) is 4.52 Å². The summed E-state index contributed by atoms with van der Waals surface area (Å²) in [6, 6.07) is 0. The second kappa shape index (κ2) is 8.94. The third-order valence-corrected chi connectivity index (χ3v) is 3.29. The van der Waals surface area contributed by atoms with Crippen LogP contribution in [0.25, 0.3) is 0 Å². The zero-order chi connectivity index (χ0) is 12.4. The molecule has 2 atom stereocenters. The van der Waals surface area contributed by atoms with Crippen LogP contribution < -0.4 is 4.89 Å². The predicted molar refractivity (Wildman–Crippen MR) is 63.0 cm³/mol. The average Bonchev–Trinajstić information content (AvgIpc) is 2.27. The van der Waals surface area contributed by atoms with Gasteiger partial charge in [-0.05, 0) is 12.3 Å². The Balaban J connectivity index is 3.89. The molecule has 0 spiro atoms. The Morgan fingerprint density at radius 1 is 1.44 bits per heavy atom. The largest absolute Gasteiger partial charge is 0.756 e. The molecule has 0 aliphatic rings. The highest BCUT2D eigenvalue weighted by Gasteiger charge is 2.12. The first-order valence-electron chi connectivity index (χ1n) is 5.76. The molecule has 0 amide bonds. The summed E-state index contributed by atoms with van der Waals surface area (Å²) in [6.07, 6.45) is 5.50. The molecule has 0 radical (unpaired) electrons. The molecule has 5 heteroatoms. The zero-order valence-electron chi connectivity index (χ0n) is 10.2. The zero-order valence-corrected chi connectivity index (χ0v) is 11.1. The van der Waals surface area contributed by atoms with Gasteiger partial charge < -0.3 is 13.9 Å². The van der Waals surface area contributed by atoms with Crippen molar-refractivity contribution in [2.75, 3.05) is 13.2 Å². The SMILES string of the molecule is C=CCOP(=O)([O-])OCC(CC)CCCC. The molecule has 4 nitrogen and oxygen atoms in total. The van der Waals surface area contributed by atoms with Crippen LogP contribution in [0, 0.1) is 5.92 Å². The van der Waals surface area contributed by atoms with Gasteiger partial charge in [0.15, 0.2) is 0 Å². The summed E-state index contributed by atoms with van der Waals surface area (Å²) in [6.45, 7) is 7.70. The smallest absolute Gasteiger partial charge is 0.268 e. The fraction of sp³-hybridized carbons (Fsp3) is 0.818. The van der Waals surface area contributed by atoms with Gasteiger partial charge in [-0.25, -0.2) is 0 Å².